The van der Waals surface area contributed by atoms with Crippen molar-refractivity contribution >= 4 is 11.9 Å². The molecule has 1 amide bonds. The number of rotatable bonds is 5. The van der Waals surface area contributed by atoms with Crippen molar-refractivity contribution < 1.29 is 14.7 Å². The Labute approximate surface area is 118 Å². The zero-order valence-corrected chi connectivity index (χ0v) is 11.9. The van der Waals surface area contributed by atoms with Crippen LogP contribution in [0.1, 0.15) is 31.9 Å². The number of aliphatic carboxylic acids is 1. The number of hydrogen-bond acceptors (Lipinski definition) is 3. The fraction of sp³-hybridized carbons (Fsp3) is 0.643. The summed E-state index contributed by atoms with van der Waals surface area (Å²) in [4.78, 5) is 23.5. The predicted octanol–water partition coefficient (Wildman–Crippen LogP) is 1.17. The van der Waals surface area contributed by atoms with Crippen molar-refractivity contribution in [2.24, 2.45) is 24.8 Å². The number of carboxylic acids is 1. The average molecular weight is 279 g/mol. The van der Waals surface area contributed by atoms with Gasteiger partial charge in [-0.25, -0.2) is 0 Å². The van der Waals surface area contributed by atoms with E-state index in [-0.39, 0.29) is 5.91 Å². The Morgan fingerprint density at radius 1 is 1.45 bits per heavy atom. The molecule has 0 saturated heterocycles. The maximum absolute atomic E-state index is 12.2. The number of amides is 1. The normalized spacial score (nSPS) is 25.6. The summed E-state index contributed by atoms with van der Waals surface area (Å²) in [5.74, 6) is -1.66. The van der Waals surface area contributed by atoms with E-state index in [0.29, 0.717) is 25.3 Å². The van der Waals surface area contributed by atoms with E-state index in [0.717, 1.165) is 12.1 Å². The van der Waals surface area contributed by atoms with Crippen molar-refractivity contribution in [3.63, 3.8) is 0 Å². The van der Waals surface area contributed by atoms with Crippen LogP contribution in [0.2, 0.25) is 0 Å². The van der Waals surface area contributed by atoms with Crippen LogP contribution >= 0.6 is 0 Å². The van der Waals surface area contributed by atoms with Crippen LogP contribution in [-0.4, -0.2) is 26.8 Å². The third kappa shape index (κ3) is 3.18. The van der Waals surface area contributed by atoms with Crippen molar-refractivity contribution in [3.05, 3.63) is 18.0 Å². The van der Waals surface area contributed by atoms with Crippen molar-refractivity contribution in [1.82, 2.24) is 15.1 Å². The van der Waals surface area contributed by atoms with E-state index in [4.69, 9.17) is 0 Å². The number of carboxylic acid groups (broad SMARTS) is 1. The zero-order chi connectivity index (χ0) is 14.7. The summed E-state index contributed by atoms with van der Waals surface area (Å²) in [5.41, 5.74) is 0.776. The van der Waals surface area contributed by atoms with Gasteiger partial charge in [0, 0.05) is 13.2 Å². The van der Waals surface area contributed by atoms with E-state index in [2.05, 4.69) is 10.4 Å². The summed E-state index contributed by atoms with van der Waals surface area (Å²) in [5, 5.41) is 16.2. The minimum absolute atomic E-state index is 0.168. The van der Waals surface area contributed by atoms with E-state index in [1.54, 1.807) is 4.68 Å². The molecule has 20 heavy (non-hydrogen) atoms. The molecule has 0 aromatic carbocycles. The third-order valence-electron chi connectivity index (χ3n) is 4.10. The molecule has 1 aromatic rings. The van der Waals surface area contributed by atoms with Crippen LogP contribution in [0.5, 0.6) is 0 Å². The van der Waals surface area contributed by atoms with E-state index < -0.39 is 17.8 Å². The molecule has 1 aliphatic rings. The first-order valence-corrected chi connectivity index (χ1v) is 7.00. The second kappa shape index (κ2) is 6.07. The van der Waals surface area contributed by atoms with Crippen molar-refractivity contribution in [2.75, 3.05) is 0 Å². The number of nitrogens with zero attached hydrogens (tertiary/aromatic N) is 2. The number of carbonyl (C=O) groups excluding carboxylic acids is 1. The molecular formula is C14H21N3O3. The van der Waals surface area contributed by atoms with Gasteiger partial charge >= 0.3 is 5.97 Å². The van der Waals surface area contributed by atoms with E-state index in [1.165, 1.54) is 0 Å². The molecule has 2 N–H and O–H groups in total. The van der Waals surface area contributed by atoms with Gasteiger partial charge in [-0.3, -0.25) is 14.3 Å². The van der Waals surface area contributed by atoms with Gasteiger partial charge in [-0.2, -0.15) is 5.10 Å². The number of carbonyl (C=O) groups is 2. The molecule has 6 nitrogen and oxygen atoms in total. The lowest BCUT2D eigenvalue weighted by Gasteiger charge is -2.14. The molecule has 6 heteroatoms. The van der Waals surface area contributed by atoms with Gasteiger partial charge in [0.25, 0.3) is 0 Å². The van der Waals surface area contributed by atoms with E-state index >= 15 is 0 Å². The summed E-state index contributed by atoms with van der Waals surface area (Å²) < 4.78 is 1.67. The average Bonchev–Trinajstić information content (AvgIpc) is 3.02. The minimum Gasteiger partial charge on any atom is -0.481 e. The maximum Gasteiger partial charge on any atom is 0.307 e. The highest BCUT2D eigenvalue weighted by Gasteiger charge is 2.41. The Balaban J connectivity index is 1.95. The standard InChI is InChI=1S/C14H21N3O3/c1-3-9-6-11(12(7-9)14(19)20)13(18)15-8-10-4-5-17(2)16-10/h4-5,9,11-12H,3,6-8H2,1-2H3,(H,15,18)(H,19,20)/t9?,11-,12+/m0/s1. The Bertz CT molecular complexity index is 498. The maximum atomic E-state index is 12.2. The Morgan fingerprint density at radius 2 is 2.15 bits per heavy atom. The van der Waals surface area contributed by atoms with Crippen molar-refractivity contribution in [2.45, 2.75) is 32.7 Å². The Hall–Kier alpha value is -1.85. The van der Waals surface area contributed by atoms with Gasteiger partial charge in [-0.15, -0.1) is 0 Å². The van der Waals surface area contributed by atoms with E-state index in [9.17, 15) is 14.7 Å². The Kier molecular flexibility index (Phi) is 4.42. The molecule has 0 spiro atoms. The van der Waals surface area contributed by atoms with Crippen LogP contribution in [0.25, 0.3) is 0 Å². The first kappa shape index (κ1) is 14.6. The lowest BCUT2D eigenvalue weighted by molar-refractivity contribution is -0.146. The zero-order valence-electron chi connectivity index (χ0n) is 11.9. The summed E-state index contributed by atoms with van der Waals surface area (Å²) in [6, 6.07) is 1.83. The van der Waals surface area contributed by atoms with Gasteiger partial charge in [-0.05, 0) is 24.8 Å². The molecule has 1 saturated carbocycles. The van der Waals surface area contributed by atoms with Crippen LogP contribution in [0.4, 0.5) is 0 Å². The largest absolute Gasteiger partial charge is 0.481 e. The molecule has 0 radical (unpaired) electrons. The number of hydrogen-bond donors (Lipinski definition) is 2. The molecule has 110 valence electrons. The second-order valence-electron chi connectivity index (χ2n) is 5.50. The molecule has 1 aliphatic carbocycles. The fourth-order valence-corrected chi connectivity index (χ4v) is 2.91. The first-order chi connectivity index (χ1) is 9.51. The molecule has 1 unspecified atom stereocenters. The molecular weight excluding hydrogens is 258 g/mol. The van der Waals surface area contributed by atoms with Crippen LogP contribution in [0, 0.1) is 17.8 Å². The molecule has 0 bridgehead atoms. The van der Waals surface area contributed by atoms with Crippen LogP contribution in [0.3, 0.4) is 0 Å². The summed E-state index contributed by atoms with van der Waals surface area (Å²) in [7, 11) is 1.81. The highest BCUT2D eigenvalue weighted by Crippen LogP contribution is 2.38. The first-order valence-electron chi connectivity index (χ1n) is 7.00. The van der Waals surface area contributed by atoms with Crippen LogP contribution in [-0.2, 0) is 23.2 Å². The Morgan fingerprint density at radius 3 is 2.70 bits per heavy atom. The summed E-state index contributed by atoms with van der Waals surface area (Å²) in [6.45, 7) is 2.39. The number of aromatic nitrogens is 2. The molecule has 1 aromatic heterocycles. The number of nitrogens with one attached hydrogen (secondary N) is 1. The molecule has 1 fully saturated rings. The van der Waals surface area contributed by atoms with Gasteiger partial charge in [0.2, 0.25) is 5.91 Å². The predicted molar refractivity (Wildman–Crippen MR) is 72.7 cm³/mol. The highest BCUT2D eigenvalue weighted by atomic mass is 16.4. The fourth-order valence-electron chi connectivity index (χ4n) is 2.91. The third-order valence-corrected chi connectivity index (χ3v) is 4.10. The molecule has 3 atom stereocenters. The SMILES string of the molecule is CCC1C[C@H](C(=O)NCc2ccn(C)n2)[C@H](C(=O)O)C1. The van der Waals surface area contributed by atoms with Crippen molar-refractivity contribution in [3.8, 4) is 0 Å². The lowest BCUT2D eigenvalue weighted by atomic mass is 9.95. The molecule has 2 rings (SSSR count). The minimum atomic E-state index is -0.862. The van der Waals surface area contributed by atoms with Gasteiger partial charge in [0.1, 0.15) is 0 Å². The second-order valence-corrected chi connectivity index (χ2v) is 5.50. The number of aryl methyl sites for hydroxylation is 1. The van der Waals surface area contributed by atoms with Crippen molar-refractivity contribution in [1.29, 1.82) is 0 Å². The van der Waals surface area contributed by atoms with Gasteiger partial charge in [0.15, 0.2) is 0 Å². The van der Waals surface area contributed by atoms with E-state index in [1.807, 2.05) is 26.2 Å². The van der Waals surface area contributed by atoms with Crippen LogP contribution < -0.4 is 5.32 Å². The van der Waals surface area contributed by atoms with Crippen LogP contribution in [0.15, 0.2) is 12.3 Å². The quantitative estimate of drug-likeness (QED) is 0.847. The molecule has 0 aliphatic heterocycles. The lowest BCUT2D eigenvalue weighted by Crippen LogP contribution is -2.35. The van der Waals surface area contributed by atoms with Gasteiger partial charge < -0.3 is 10.4 Å². The van der Waals surface area contributed by atoms with Gasteiger partial charge in [0.05, 0.1) is 24.1 Å². The topological polar surface area (TPSA) is 84.2 Å². The highest BCUT2D eigenvalue weighted by molar-refractivity contribution is 5.85. The smallest absolute Gasteiger partial charge is 0.307 e. The molecule has 1 heterocycles. The monoisotopic (exact) mass is 279 g/mol. The summed E-state index contributed by atoms with van der Waals surface area (Å²) >= 11 is 0. The summed E-state index contributed by atoms with van der Waals surface area (Å²) in [6.07, 6.45) is 4.01. The van der Waals surface area contributed by atoms with Gasteiger partial charge in [-0.1, -0.05) is 13.3 Å².